The molecule has 108 valence electrons. The largest absolute Gasteiger partial charge is 0.573 e. The Balaban J connectivity index is 2.29. The fourth-order valence-corrected chi connectivity index (χ4v) is 2.04. The highest BCUT2D eigenvalue weighted by Crippen LogP contribution is 2.29. The number of ether oxygens (including phenoxy) is 1. The molecule has 8 heteroatoms. The molecule has 0 aliphatic heterocycles. The van der Waals surface area contributed by atoms with Gasteiger partial charge in [-0.3, -0.25) is 5.84 Å². The van der Waals surface area contributed by atoms with Gasteiger partial charge in [-0.2, -0.15) is 0 Å². The Bertz CT molecular complexity index is 586. The third kappa shape index (κ3) is 3.75. The van der Waals surface area contributed by atoms with E-state index in [9.17, 15) is 13.2 Å². The van der Waals surface area contributed by atoms with Gasteiger partial charge in [0.2, 0.25) is 0 Å². The Morgan fingerprint density at radius 2 is 2.00 bits per heavy atom. The highest BCUT2D eigenvalue weighted by Gasteiger charge is 2.31. The van der Waals surface area contributed by atoms with Gasteiger partial charge in [0, 0.05) is 0 Å². The molecule has 3 N–H and O–H groups in total. The second kappa shape index (κ2) is 5.86. The Morgan fingerprint density at radius 1 is 1.25 bits per heavy atom. The fourth-order valence-electron chi connectivity index (χ4n) is 1.72. The normalized spacial score (nSPS) is 13.2. The molecule has 0 fully saturated rings. The van der Waals surface area contributed by atoms with Crippen LogP contribution >= 0.6 is 15.9 Å². The molecule has 0 saturated heterocycles. The topological polar surface area (TPSA) is 60.4 Å². The van der Waals surface area contributed by atoms with E-state index in [2.05, 4.69) is 26.1 Å². The van der Waals surface area contributed by atoms with Gasteiger partial charge in [0.15, 0.2) is 4.67 Å². The van der Waals surface area contributed by atoms with Gasteiger partial charge in [0.25, 0.3) is 0 Å². The number of nitrogens with two attached hydrogens (primary N) is 1. The van der Waals surface area contributed by atoms with E-state index in [0.717, 1.165) is 0 Å². The van der Waals surface area contributed by atoms with Crippen molar-refractivity contribution in [3.63, 3.8) is 0 Å². The van der Waals surface area contributed by atoms with Gasteiger partial charge in [-0.25, -0.2) is 5.43 Å². The SMILES string of the molecule is NNC(c1cccc(OC(F)(F)F)c1)c1ccc(Br)o1. The van der Waals surface area contributed by atoms with Gasteiger partial charge in [-0.15, -0.1) is 13.2 Å². The molecule has 0 aliphatic carbocycles. The molecule has 0 saturated carbocycles. The number of rotatable bonds is 4. The van der Waals surface area contributed by atoms with Crippen LogP contribution in [0.4, 0.5) is 13.2 Å². The minimum absolute atomic E-state index is 0.319. The van der Waals surface area contributed by atoms with E-state index in [-0.39, 0.29) is 5.75 Å². The molecule has 0 radical (unpaired) electrons. The lowest BCUT2D eigenvalue weighted by molar-refractivity contribution is -0.274. The van der Waals surface area contributed by atoms with Crippen molar-refractivity contribution in [3.8, 4) is 5.75 Å². The molecule has 0 aliphatic rings. The molecule has 0 amide bonds. The molecule has 0 spiro atoms. The Morgan fingerprint density at radius 3 is 2.55 bits per heavy atom. The number of nitrogens with one attached hydrogen (secondary N) is 1. The van der Waals surface area contributed by atoms with Crippen LogP contribution in [0.1, 0.15) is 17.4 Å². The van der Waals surface area contributed by atoms with Gasteiger partial charge in [0.05, 0.1) is 0 Å². The lowest BCUT2D eigenvalue weighted by Gasteiger charge is -2.15. The summed E-state index contributed by atoms with van der Waals surface area (Å²) >= 11 is 3.15. The van der Waals surface area contributed by atoms with E-state index in [1.807, 2.05) is 0 Å². The third-order valence-electron chi connectivity index (χ3n) is 2.47. The van der Waals surface area contributed by atoms with E-state index in [0.29, 0.717) is 16.0 Å². The molecule has 1 atom stereocenters. The Kier molecular flexibility index (Phi) is 4.36. The molecule has 2 aromatic rings. The van der Waals surface area contributed by atoms with Crippen molar-refractivity contribution in [2.75, 3.05) is 0 Å². The monoisotopic (exact) mass is 350 g/mol. The first-order valence-corrected chi connectivity index (χ1v) is 6.25. The van der Waals surface area contributed by atoms with Crippen LogP contribution < -0.4 is 16.0 Å². The predicted octanol–water partition coefficient (Wildman–Crippen LogP) is 3.49. The first kappa shape index (κ1) is 14.9. The van der Waals surface area contributed by atoms with Gasteiger partial charge in [0.1, 0.15) is 17.6 Å². The second-order valence-electron chi connectivity index (χ2n) is 3.86. The lowest BCUT2D eigenvalue weighted by atomic mass is 10.1. The standard InChI is InChI=1S/C12H10BrF3N2O2/c13-10-5-4-9(19-10)11(18-17)7-2-1-3-8(6-7)20-12(14,15)16/h1-6,11,18H,17H2. The highest BCUT2D eigenvalue weighted by atomic mass is 79.9. The molecule has 1 unspecified atom stereocenters. The van der Waals surface area contributed by atoms with Gasteiger partial charge in [-0.05, 0) is 45.8 Å². The van der Waals surface area contributed by atoms with Crippen LogP contribution in [-0.2, 0) is 0 Å². The zero-order chi connectivity index (χ0) is 14.8. The Hall–Kier alpha value is -1.51. The molecule has 2 rings (SSSR count). The lowest BCUT2D eigenvalue weighted by Crippen LogP contribution is -2.28. The number of furan rings is 1. The first-order chi connectivity index (χ1) is 9.39. The molecule has 0 bridgehead atoms. The van der Waals surface area contributed by atoms with Gasteiger partial charge >= 0.3 is 6.36 Å². The number of halogens is 4. The summed E-state index contributed by atoms with van der Waals surface area (Å²) in [5, 5.41) is 0. The van der Waals surface area contributed by atoms with Crippen molar-refractivity contribution < 1.29 is 22.3 Å². The van der Waals surface area contributed by atoms with Gasteiger partial charge in [-0.1, -0.05) is 12.1 Å². The second-order valence-corrected chi connectivity index (χ2v) is 4.64. The summed E-state index contributed by atoms with van der Waals surface area (Å²) in [7, 11) is 0. The maximum Gasteiger partial charge on any atom is 0.573 e. The van der Waals surface area contributed by atoms with Crippen LogP contribution in [0.5, 0.6) is 5.75 Å². The molecule has 4 nitrogen and oxygen atoms in total. The van der Waals surface area contributed by atoms with E-state index < -0.39 is 12.4 Å². The highest BCUT2D eigenvalue weighted by molar-refractivity contribution is 9.10. The summed E-state index contributed by atoms with van der Waals surface area (Å²) in [5.74, 6) is 5.58. The minimum Gasteiger partial charge on any atom is -0.452 e. The Labute approximate surface area is 120 Å². The number of alkyl halides is 3. The van der Waals surface area contributed by atoms with Crippen molar-refractivity contribution in [3.05, 3.63) is 52.4 Å². The molecule has 1 heterocycles. The van der Waals surface area contributed by atoms with E-state index >= 15 is 0 Å². The molecule has 1 aromatic heterocycles. The number of hydrogen-bond donors (Lipinski definition) is 2. The number of benzene rings is 1. The maximum atomic E-state index is 12.2. The minimum atomic E-state index is -4.74. The molecule has 20 heavy (non-hydrogen) atoms. The summed E-state index contributed by atoms with van der Waals surface area (Å²) in [5.41, 5.74) is 2.97. The summed E-state index contributed by atoms with van der Waals surface area (Å²) in [6.45, 7) is 0. The van der Waals surface area contributed by atoms with Crippen LogP contribution in [0.3, 0.4) is 0 Å². The van der Waals surface area contributed by atoms with Crippen molar-refractivity contribution in [2.24, 2.45) is 5.84 Å². The summed E-state index contributed by atoms with van der Waals surface area (Å²) < 4.78 is 46.3. The van der Waals surface area contributed by atoms with Crippen molar-refractivity contribution in [1.29, 1.82) is 0 Å². The van der Waals surface area contributed by atoms with Crippen LogP contribution in [0, 0.1) is 0 Å². The smallest absolute Gasteiger partial charge is 0.452 e. The maximum absolute atomic E-state index is 12.2. The molecular weight excluding hydrogens is 341 g/mol. The zero-order valence-corrected chi connectivity index (χ0v) is 11.5. The number of hydrogen-bond acceptors (Lipinski definition) is 4. The quantitative estimate of drug-likeness (QED) is 0.654. The fraction of sp³-hybridized carbons (Fsp3) is 0.167. The summed E-state index contributed by atoms with van der Waals surface area (Å²) in [6, 6.07) is 8.25. The van der Waals surface area contributed by atoms with Crippen molar-refractivity contribution in [2.45, 2.75) is 12.4 Å². The van der Waals surface area contributed by atoms with E-state index in [1.54, 1.807) is 18.2 Å². The average Bonchev–Trinajstić information content (AvgIpc) is 2.75. The van der Waals surface area contributed by atoms with Crippen LogP contribution in [-0.4, -0.2) is 6.36 Å². The summed E-state index contributed by atoms with van der Waals surface area (Å²) in [6.07, 6.45) is -4.74. The third-order valence-corrected chi connectivity index (χ3v) is 2.90. The van der Waals surface area contributed by atoms with Gasteiger partial charge < -0.3 is 9.15 Å². The van der Waals surface area contributed by atoms with Crippen molar-refractivity contribution in [1.82, 2.24) is 5.43 Å². The van der Waals surface area contributed by atoms with E-state index in [1.165, 1.54) is 18.2 Å². The zero-order valence-electron chi connectivity index (χ0n) is 9.95. The molecule has 1 aromatic carbocycles. The van der Waals surface area contributed by atoms with Crippen molar-refractivity contribution >= 4 is 15.9 Å². The predicted molar refractivity (Wildman–Crippen MR) is 68.7 cm³/mol. The summed E-state index contributed by atoms with van der Waals surface area (Å²) in [4.78, 5) is 0. The van der Waals surface area contributed by atoms with Crippen LogP contribution in [0.25, 0.3) is 0 Å². The number of hydrazine groups is 1. The van der Waals surface area contributed by atoms with Crippen LogP contribution in [0.15, 0.2) is 45.5 Å². The average molecular weight is 351 g/mol. The molecular formula is C12H10BrF3N2O2. The van der Waals surface area contributed by atoms with E-state index in [4.69, 9.17) is 10.3 Å². The van der Waals surface area contributed by atoms with Crippen LogP contribution in [0.2, 0.25) is 0 Å². The first-order valence-electron chi connectivity index (χ1n) is 5.46.